The fourth-order valence-corrected chi connectivity index (χ4v) is 3.42. The fraction of sp³-hybridized carbons (Fsp3) is 0.444. The van der Waals surface area contributed by atoms with Crippen molar-refractivity contribution in [3.8, 4) is 0 Å². The Morgan fingerprint density at radius 2 is 2.08 bits per heavy atom. The number of fused-ring (bicyclic) bond motifs is 1. The number of imide groups is 1. The molecule has 2 aliphatic heterocycles. The lowest BCUT2D eigenvalue weighted by molar-refractivity contribution is -0.137. The van der Waals surface area contributed by atoms with Crippen LogP contribution in [0.1, 0.15) is 47.2 Å². The minimum absolute atomic E-state index is 0.0887. The number of carbonyl (C=O) groups is 4. The largest absolute Gasteiger partial charge is 0.330 e. The van der Waals surface area contributed by atoms with Crippen LogP contribution in [0.4, 0.5) is 0 Å². The van der Waals surface area contributed by atoms with E-state index < -0.39 is 11.9 Å². The van der Waals surface area contributed by atoms with Gasteiger partial charge in [0.25, 0.3) is 5.91 Å². The molecule has 1 unspecified atom stereocenters. The molecule has 0 saturated carbocycles. The van der Waals surface area contributed by atoms with Gasteiger partial charge in [-0.25, -0.2) is 0 Å². The van der Waals surface area contributed by atoms with Crippen molar-refractivity contribution in [2.45, 2.75) is 44.7 Å². The van der Waals surface area contributed by atoms with Crippen LogP contribution >= 0.6 is 0 Å². The number of hydrogen-bond donors (Lipinski definition) is 2. The molecule has 1 aromatic rings. The van der Waals surface area contributed by atoms with Crippen molar-refractivity contribution in [3.05, 3.63) is 34.9 Å². The molecule has 3 amide bonds. The van der Waals surface area contributed by atoms with E-state index in [0.717, 1.165) is 11.1 Å². The summed E-state index contributed by atoms with van der Waals surface area (Å²) in [7, 11) is 0. The van der Waals surface area contributed by atoms with Gasteiger partial charge in [0.1, 0.15) is 11.8 Å². The second-order valence-corrected chi connectivity index (χ2v) is 6.45. The summed E-state index contributed by atoms with van der Waals surface area (Å²) < 4.78 is 0. The second kappa shape index (κ2) is 7.14. The predicted octanol–water partition coefficient (Wildman–Crippen LogP) is 0.298. The number of piperidine rings is 1. The van der Waals surface area contributed by atoms with Crippen molar-refractivity contribution >= 4 is 23.5 Å². The third-order valence-corrected chi connectivity index (χ3v) is 4.73. The maximum Gasteiger partial charge on any atom is 0.255 e. The number of benzene rings is 1. The molecule has 25 heavy (non-hydrogen) atoms. The van der Waals surface area contributed by atoms with Crippen molar-refractivity contribution in [1.29, 1.82) is 0 Å². The molecule has 0 bridgehead atoms. The molecule has 0 aromatic heterocycles. The van der Waals surface area contributed by atoms with E-state index >= 15 is 0 Å². The van der Waals surface area contributed by atoms with Crippen LogP contribution in [-0.4, -0.2) is 41.0 Å². The van der Waals surface area contributed by atoms with Crippen molar-refractivity contribution in [3.63, 3.8) is 0 Å². The number of nitrogens with zero attached hydrogens (tertiary/aromatic N) is 1. The Labute approximate surface area is 145 Å². The Morgan fingerprint density at radius 3 is 2.80 bits per heavy atom. The number of hydrogen-bond acceptors (Lipinski definition) is 5. The molecular weight excluding hydrogens is 322 g/mol. The number of Topliss-reactive ketones (excluding diaryl/α,β-unsaturated/α-hetero) is 1. The molecule has 0 radical (unpaired) electrons. The molecule has 1 atom stereocenters. The summed E-state index contributed by atoms with van der Waals surface area (Å²) >= 11 is 0. The Kier molecular flexibility index (Phi) is 4.94. The topological polar surface area (TPSA) is 110 Å². The van der Waals surface area contributed by atoms with Gasteiger partial charge in [-0.3, -0.25) is 24.5 Å². The van der Waals surface area contributed by atoms with Crippen molar-refractivity contribution < 1.29 is 19.2 Å². The van der Waals surface area contributed by atoms with Gasteiger partial charge in [0, 0.05) is 31.4 Å². The first-order valence-electron chi connectivity index (χ1n) is 8.48. The zero-order valence-electron chi connectivity index (χ0n) is 13.9. The zero-order chi connectivity index (χ0) is 18.0. The van der Waals surface area contributed by atoms with Gasteiger partial charge < -0.3 is 10.6 Å². The number of rotatable bonds is 6. The summed E-state index contributed by atoms with van der Waals surface area (Å²) in [5.41, 5.74) is 7.60. The van der Waals surface area contributed by atoms with Crippen LogP contribution in [0.2, 0.25) is 0 Å². The molecule has 132 valence electrons. The molecule has 3 N–H and O–H groups in total. The third-order valence-electron chi connectivity index (χ3n) is 4.73. The van der Waals surface area contributed by atoms with Crippen LogP contribution < -0.4 is 11.1 Å². The fourth-order valence-electron chi connectivity index (χ4n) is 3.42. The molecule has 0 spiro atoms. The van der Waals surface area contributed by atoms with E-state index in [-0.39, 0.29) is 30.4 Å². The first-order valence-corrected chi connectivity index (χ1v) is 8.48. The summed E-state index contributed by atoms with van der Waals surface area (Å²) in [6.45, 7) is 0.765. The summed E-state index contributed by atoms with van der Waals surface area (Å²) in [5, 5.41) is 2.29. The predicted molar refractivity (Wildman–Crippen MR) is 89.5 cm³/mol. The highest BCUT2D eigenvalue weighted by molar-refractivity contribution is 6.05. The standard InChI is InChI=1S/C18H21N3O4/c19-8-2-4-12(22)9-11-3-1-5-13-14(11)10-21(18(13)25)15-6-7-16(23)20-17(15)24/h1,3,5,15H,2,4,6-10,19H2,(H,20,23,24). The van der Waals surface area contributed by atoms with Crippen LogP contribution in [0.3, 0.4) is 0 Å². The first kappa shape index (κ1) is 17.3. The number of nitrogens with two attached hydrogens (primary N) is 1. The highest BCUT2D eigenvalue weighted by Crippen LogP contribution is 2.30. The molecule has 2 heterocycles. The van der Waals surface area contributed by atoms with Crippen LogP contribution in [0, 0.1) is 0 Å². The lowest BCUT2D eigenvalue weighted by Crippen LogP contribution is -2.52. The maximum atomic E-state index is 12.7. The van der Waals surface area contributed by atoms with Gasteiger partial charge in [0.15, 0.2) is 0 Å². The molecule has 1 saturated heterocycles. The highest BCUT2D eigenvalue weighted by atomic mass is 16.2. The van der Waals surface area contributed by atoms with E-state index in [1.54, 1.807) is 12.1 Å². The van der Waals surface area contributed by atoms with E-state index in [1.807, 2.05) is 6.07 Å². The summed E-state index contributed by atoms with van der Waals surface area (Å²) in [6, 6.07) is 4.69. The van der Waals surface area contributed by atoms with Gasteiger partial charge in [-0.05, 0) is 36.6 Å². The SMILES string of the molecule is NCCCC(=O)Cc1cccc2c1CN(C1CCC(=O)NC1=O)C2=O. The normalized spacial score (nSPS) is 19.8. The smallest absolute Gasteiger partial charge is 0.255 e. The summed E-state index contributed by atoms with van der Waals surface area (Å²) in [4.78, 5) is 49.7. The molecule has 2 aliphatic rings. The molecular formula is C18H21N3O4. The van der Waals surface area contributed by atoms with Crippen LogP contribution in [0.5, 0.6) is 0 Å². The van der Waals surface area contributed by atoms with Gasteiger partial charge >= 0.3 is 0 Å². The molecule has 1 fully saturated rings. The van der Waals surface area contributed by atoms with Gasteiger partial charge in [0.05, 0.1) is 0 Å². The average molecular weight is 343 g/mol. The van der Waals surface area contributed by atoms with Gasteiger partial charge in [0.2, 0.25) is 11.8 Å². The summed E-state index contributed by atoms with van der Waals surface area (Å²) in [6.07, 6.45) is 1.88. The number of ketones is 1. The molecule has 0 aliphatic carbocycles. The van der Waals surface area contributed by atoms with Crippen molar-refractivity contribution in [1.82, 2.24) is 10.2 Å². The lowest BCUT2D eigenvalue weighted by atomic mass is 9.98. The zero-order valence-corrected chi connectivity index (χ0v) is 13.9. The monoisotopic (exact) mass is 343 g/mol. The van der Waals surface area contributed by atoms with E-state index in [0.29, 0.717) is 37.9 Å². The minimum Gasteiger partial charge on any atom is -0.330 e. The molecule has 7 nitrogen and oxygen atoms in total. The maximum absolute atomic E-state index is 12.7. The van der Waals surface area contributed by atoms with Crippen molar-refractivity contribution in [2.24, 2.45) is 5.73 Å². The Hall–Kier alpha value is -2.54. The second-order valence-electron chi connectivity index (χ2n) is 6.45. The number of carbonyl (C=O) groups excluding carboxylic acids is 4. The van der Waals surface area contributed by atoms with E-state index in [2.05, 4.69) is 5.32 Å². The number of amides is 3. The van der Waals surface area contributed by atoms with E-state index in [1.165, 1.54) is 4.90 Å². The van der Waals surface area contributed by atoms with Gasteiger partial charge in [-0.15, -0.1) is 0 Å². The Balaban J connectivity index is 1.79. The number of nitrogens with one attached hydrogen (secondary N) is 1. The minimum atomic E-state index is -0.640. The van der Waals surface area contributed by atoms with Gasteiger partial charge in [-0.2, -0.15) is 0 Å². The quantitative estimate of drug-likeness (QED) is 0.722. The molecule has 7 heteroatoms. The van der Waals surface area contributed by atoms with Crippen LogP contribution in [-0.2, 0) is 27.3 Å². The van der Waals surface area contributed by atoms with Gasteiger partial charge in [-0.1, -0.05) is 12.1 Å². The van der Waals surface area contributed by atoms with E-state index in [9.17, 15) is 19.2 Å². The Morgan fingerprint density at radius 1 is 1.28 bits per heavy atom. The van der Waals surface area contributed by atoms with Crippen LogP contribution in [0.25, 0.3) is 0 Å². The van der Waals surface area contributed by atoms with E-state index in [4.69, 9.17) is 5.73 Å². The third kappa shape index (κ3) is 3.46. The first-order chi connectivity index (χ1) is 12.0. The lowest BCUT2D eigenvalue weighted by Gasteiger charge is -2.29. The van der Waals surface area contributed by atoms with Crippen molar-refractivity contribution in [2.75, 3.05) is 6.54 Å². The molecule has 1 aromatic carbocycles. The Bertz CT molecular complexity index is 744. The summed E-state index contributed by atoms with van der Waals surface area (Å²) in [5.74, 6) is -0.874. The van der Waals surface area contributed by atoms with Crippen LogP contribution in [0.15, 0.2) is 18.2 Å². The highest BCUT2D eigenvalue weighted by Gasteiger charge is 2.39. The molecule has 3 rings (SSSR count). The average Bonchev–Trinajstić information content (AvgIpc) is 2.91.